The quantitative estimate of drug-likeness (QED) is 0.0326. The van der Waals surface area contributed by atoms with Gasteiger partial charge in [-0.15, -0.1) is 12.6 Å². The van der Waals surface area contributed by atoms with Gasteiger partial charge in [-0.3, -0.25) is 18.5 Å². The predicted molar refractivity (Wildman–Crippen MR) is 268 cm³/mol. The molecule has 0 unspecified atom stereocenters. The highest BCUT2D eigenvalue weighted by Gasteiger charge is 2.46. The maximum absolute atomic E-state index is 12.6. The second-order valence-corrected chi connectivity index (χ2v) is 24.7. The van der Waals surface area contributed by atoms with Crippen LogP contribution in [0.2, 0.25) is 0 Å². The van der Waals surface area contributed by atoms with Crippen LogP contribution >= 0.6 is 0 Å². The summed E-state index contributed by atoms with van der Waals surface area (Å²) < 4.78 is 155. The van der Waals surface area contributed by atoms with E-state index in [1.165, 1.54) is 24.3 Å². The second kappa shape index (κ2) is 21.7. The van der Waals surface area contributed by atoms with Gasteiger partial charge in [0.25, 0.3) is 30.4 Å². The standard InChI is InChI=1S/C48H56N2O12S4.O3S/c1-7-49-40-26-23-33-22-24-35(64(54,55)56)30-38(33)45(40)47(3,4)43(49)20-14-12-15-21-44-48(5,6)46-39-31-36(65(57,58)59)32-42(66(60,61)62)37(39)25-27-41(46)50(44)28-16-11-9-10-13-18-34(51)19-17-29-63(52,53)8-2;1-4(2)3/h8,12,14-15,20-27,30-32H,2,7,9-11,13,16-19,28-29H2,1,3-6H3,(H2-,54,55,56,57,58,59,60,61,62);/p+1. The number of unbranched alkanes of at least 4 members (excludes halogenated alkanes) is 4. The second-order valence-electron chi connectivity index (χ2n) is 18.0. The van der Waals surface area contributed by atoms with Crippen LogP contribution in [0.15, 0.2) is 117 Å². The number of allylic oxidation sites excluding steroid dienone is 6. The minimum atomic E-state index is -4.93. The molecule has 4 aromatic carbocycles. The normalized spacial score (nSPS) is 16.3. The van der Waals surface area contributed by atoms with E-state index in [0.29, 0.717) is 37.2 Å². The molecule has 2 aliphatic rings. The van der Waals surface area contributed by atoms with Crippen LogP contribution in [0.1, 0.15) is 97.1 Å². The number of carbonyl (C=O) groups excluding carboxylic acids is 1. The van der Waals surface area contributed by atoms with E-state index in [-0.39, 0.29) is 40.0 Å². The van der Waals surface area contributed by atoms with E-state index in [4.69, 9.17) is 12.6 Å². The highest BCUT2D eigenvalue weighted by atomic mass is 32.2. The third-order valence-corrected chi connectivity index (χ3v) is 16.6. The molecule has 0 atom stereocenters. The molecule has 2 heterocycles. The van der Waals surface area contributed by atoms with E-state index in [1.807, 2.05) is 63.3 Å². The Morgan fingerprint density at radius 2 is 1.29 bits per heavy atom. The number of Topliss-reactive ketones (excluding diaryl/α,β-unsaturated/α-hetero) is 1. The highest BCUT2D eigenvalue weighted by molar-refractivity contribution is 7.94. The van der Waals surface area contributed by atoms with Gasteiger partial charge in [0.05, 0.1) is 21.0 Å². The number of sulfone groups is 1. The van der Waals surface area contributed by atoms with Crippen LogP contribution < -0.4 is 4.90 Å². The first-order valence-electron chi connectivity index (χ1n) is 22.2. The number of benzene rings is 4. The first-order valence-corrected chi connectivity index (χ1v) is 29.2. The molecule has 17 nitrogen and oxygen atoms in total. The van der Waals surface area contributed by atoms with E-state index in [0.717, 1.165) is 70.6 Å². The van der Waals surface area contributed by atoms with Crippen LogP contribution in [0.4, 0.5) is 11.4 Å². The number of rotatable bonds is 20. The number of likely N-dealkylation sites (N-methyl/N-ethyl adjacent to an activating group) is 1. The SMILES string of the molecule is C=CS(=O)(=O)CCCC(=O)CCCCCCC[N+]1=C(C=CC=CC=C2N(CC)c3ccc4ccc(S(=O)(=O)O)cc4c3C2(C)C)C(C)(C)c2c1ccc1c(S(=O)(=O)O)cc(S(=O)(=O)O)cc21.O=S(=O)=O. The van der Waals surface area contributed by atoms with Crippen LogP contribution in [0.3, 0.4) is 0 Å². The first-order chi connectivity index (χ1) is 32.5. The summed E-state index contributed by atoms with van der Waals surface area (Å²) in [5, 5.41) is 2.79. The Labute approximate surface area is 411 Å². The fourth-order valence-corrected chi connectivity index (χ4v) is 12.0. The molecule has 0 saturated heterocycles. The molecule has 0 fully saturated rings. The molecule has 70 heavy (non-hydrogen) atoms. The number of ketones is 1. The van der Waals surface area contributed by atoms with Crippen molar-refractivity contribution in [2.24, 2.45) is 0 Å². The lowest BCUT2D eigenvalue weighted by Crippen LogP contribution is -2.28. The molecule has 0 radical (unpaired) electrons. The lowest BCUT2D eigenvalue weighted by Gasteiger charge is -2.26. The van der Waals surface area contributed by atoms with Crippen molar-refractivity contribution in [3.63, 3.8) is 0 Å². The van der Waals surface area contributed by atoms with Gasteiger partial charge in [-0.05, 0) is 104 Å². The zero-order valence-electron chi connectivity index (χ0n) is 39.3. The molecule has 0 amide bonds. The van der Waals surface area contributed by atoms with Gasteiger partial charge >= 0.3 is 10.6 Å². The van der Waals surface area contributed by atoms with E-state index in [2.05, 4.69) is 29.9 Å². The van der Waals surface area contributed by atoms with Crippen molar-refractivity contribution in [1.82, 2.24) is 0 Å². The van der Waals surface area contributed by atoms with Crippen LogP contribution in [-0.4, -0.2) is 94.9 Å². The average Bonchev–Trinajstić information content (AvgIpc) is 3.62. The highest BCUT2D eigenvalue weighted by Crippen LogP contribution is 2.51. The molecule has 0 aromatic heterocycles. The molecule has 22 heteroatoms. The van der Waals surface area contributed by atoms with Crippen molar-refractivity contribution in [3.05, 3.63) is 114 Å². The largest absolute Gasteiger partial charge is 0.425 e. The molecule has 6 rings (SSSR count). The summed E-state index contributed by atoms with van der Waals surface area (Å²) in [6.07, 6.45) is 14.3. The number of hydrogen-bond acceptors (Lipinski definition) is 13. The van der Waals surface area contributed by atoms with Crippen LogP contribution in [0.25, 0.3) is 21.5 Å². The maximum Gasteiger partial charge on any atom is 0.425 e. The molecule has 0 bridgehead atoms. The van der Waals surface area contributed by atoms with Crippen molar-refractivity contribution in [1.29, 1.82) is 0 Å². The van der Waals surface area contributed by atoms with Crippen molar-refractivity contribution in [2.45, 2.75) is 112 Å². The van der Waals surface area contributed by atoms with Crippen LogP contribution in [0, 0.1) is 0 Å². The minimum absolute atomic E-state index is 0.0215. The first kappa shape index (κ1) is 55.7. The van der Waals surface area contributed by atoms with E-state index >= 15 is 0 Å². The average molecular weight is 1060 g/mol. The fourth-order valence-electron chi connectivity index (χ4n) is 9.46. The van der Waals surface area contributed by atoms with Crippen molar-refractivity contribution >= 4 is 95.2 Å². The minimum Gasteiger partial charge on any atom is -0.344 e. The molecule has 0 aliphatic carbocycles. The molecule has 0 saturated carbocycles. The van der Waals surface area contributed by atoms with Crippen molar-refractivity contribution in [2.75, 3.05) is 23.7 Å². The molecule has 4 aromatic rings. The number of anilines is 1. The van der Waals surface area contributed by atoms with Gasteiger partial charge in [-0.25, -0.2) is 8.42 Å². The molecule has 2 aliphatic heterocycles. The lowest BCUT2D eigenvalue weighted by atomic mass is 9.79. The summed E-state index contributed by atoms with van der Waals surface area (Å²) in [6, 6.07) is 13.8. The predicted octanol–water partition coefficient (Wildman–Crippen LogP) is 8.17. The summed E-state index contributed by atoms with van der Waals surface area (Å²) in [5.41, 5.74) is 3.54. The monoisotopic (exact) mass is 1060 g/mol. The number of carbonyl (C=O) groups is 1. The molecular weight excluding hydrogens is 1000 g/mol. The van der Waals surface area contributed by atoms with Gasteiger partial charge in [0.1, 0.15) is 17.2 Å². The summed E-state index contributed by atoms with van der Waals surface area (Å²) >= 11 is 0. The fraction of sp³-hybridized carbons (Fsp3) is 0.375. The van der Waals surface area contributed by atoms with Gasteiger partial charge in [-0.2, -0.15) is 29.8 Å². The Balaban J connectivity index is 0.00000219. The topological polar surface area (TPSA) is 272 Å². The van der Waals surface area contributed by atoms with Crippen molar-refractivity contribution < 1.29 is 69.3 Å². The molecule has 378 valence electrons. The summed E-state index contributed by atoms with van der Waals surface area (Å²) in [6.45, 7) is 14.5. The van der Waals surface area contributed by atoms with Gasteiger partial charge in [0, 0.05) is 71.1 Å². The number of hydrogen-bond donors (Lipinski definition) is 3. The maximum atomic E-state index is 12.6. The Kier molecular flexibility index (Phi) is 17.2. The Morgan fingerprint density at radius 3 is 1.90 bits per heavy atom. The molecule has 3 N–H and O–H groups in total. The summed E-state index contributed by atoms with van der Waals surface area (Å²) in [7, 11) is -20.7. The van der Waals surface area contributed by atoms with Gasteiger partial charge in [0.15, 0.2) is 15.5 Å². The Bertz CT molecular complexity index is 3460. The van der Waals surface area contributed by atoms with Crippen molar-refractivity contribution in [3.8, 4) is 0 Å². The van der Waals surface area contributed by atoms with Gasteiger partial charge in [-0.1, -0.05) is 63.6 Å². The molecular formula is C48H57N2O15S5+. The number of nitrogens with zero attached hydrogens (tertiary/aromatic N) is 2. The third kappa shape index (κ3) is 12.6. The third-order valence-electron chi connectivity index (χ3n) is 12.6. The summed E-state index contributed by atoms with van der Waals surface area (Å²) in [5.74, 6) is -0.0799. The Hall–Kier alpha value is -5.20. The van der Waals surface area contributed by atoms with Gasteiger partial charge < -0.3 is 4.90 Å². The van der Waals surface area contributed by atoms with E-state index < -0.39 is 71.4 Å². The number of fused-ring (bicyclic) bond motifs is 6. The Morgan fingerprint density at radius 1 is 0.686 bits per heavy atom. The zero-order valence-corrected chi connectivity index (χ0v) is 43.4. The van der Waals surface area contributed by atoms with Crippen LogP contribution in [-0.2, 0) is 66.4 Å². The van der Waals surface area contributed by atoms with E-state index in [1.54, 1.807) is 12.1 Å². The van der Waals surface area contributed by atoms with Gasteiger partial charge in [0.2, 0.25) is 5.69 Å². The molecule has 0 spiro atoms. The lowest BCUT2D eigenvalue weighted by molar-refractivity contribution is -0.438. The zero-order chi connectivity index (χ0) is 52.2. The summed E-state index contributed by atoms with van der Waals surface area (Å²) in [4.78, 5) is 13.0. The van der Waals surface area contributed by atoms with E-state index in [9.17, 15) is 52.1 Å². The van der Waals surface area contributed by atoms with Crippen LogP contribution in [0.5, 0.6) is 0 Å². The smallest absolute Gasteiger partial charge is 0.344 e.